The van der Waals surface area contributed by atoms with Gasteiger partial charge >= 0.3 is 0 Å². The van der Waals surface area contributed by atoms with Gasteiger partial charge in [-0.15, -0.1) is 0 Å². The Balaban J connectivity index is 1.41. The topological polar surface area (TPSA) is 37.5 Å². The van der Waals surface area contributed by atoms with Gasteiger partial charge in [0.2, 0.25) is 0 Å². The predicted octanol–water partition coefficient (Wildman–Crippen LogP) is 8.34. The lowest BCUT2D eigenvalue weighted by Crippen LogP contribution is -1.88. The van der Waals surface area contributed by atoms with E-state index >= 15 is 0 Å². The maximum absolute atomic E-state index is 5.94. The molecule has 0 radical (unpaired) electrons. The van der Waals surface area contributed by atoms with Gasteiger partial charge in [0.1, 0.15) is 5.76 Å². The number of halogens is 2. The normalized spacial score (nSPS) is 11.1. The summed E-state index contributed by atoms with van der Waals surface area (Å²) in [6.45, 7) is 0. The average molecular weight is 484 g/mol. The van der Waals surface area contributed by atoms with Crippen molar-refractivity contribution in [3.63, 3.8) is 0 Å². The van der Waals surface area contributed by atoms with Gasteiger partial charge in [0.25, 0.3) is 0 Å². The minimum Gasteiger partial charge on any atom is -0.447 e. The van der Waals surface area contributed by atoms with Crippen molar-refractivity contribution < 1.29 is 4.42 Å². The van der Waals surface area contributed by atoms with Gasteiger partial charge in [0.15, 0.2) is 5.09 Å². The fourth-order valence-corrected chi connectivity index (χ4v) is 4.03. The molecule has 4 aromatic rings. The molecule has 0 amide bonds. The molecule has 0 aliphatic rings. The first kappa shape index (κ1) is 19.8. The number of rotatable bonds is 6. The van der Waals surface area contributed by atoms with Crippen molar-refractivity contribution in [3.05, 3.63) is 100 Å². The van der Waals surface area contributed by atoms with Crippen LogP contribution in [-0.4, -0.2) is 6.21 Å². The molecule has 0 saturated heterocycles. The van der Waals surface area contributed by atoms with E-state index < -0.39 is 0 Å². The number of furan rings is 1. The zero-order valence-corrected chi connectivity index (χ0v) is 18.3. The van der Waals surface area contributed by atoms with E-state index in [0.29, 0.717) is 10.8 Å². The van der Waals surface area contributed by atoms with Gasteiger partial charge in [-0.2, -0.15) is 0 Å². The lowest BCUT2D eigenvalue weighted by molar-refractivity contribution is 0.466. The van der Waals surface area contributed by atoms with Gasteiger partial charge in [0, 0.05) is 27.4 Å². The second kappa shape index (κ2) is 9.35. The highest BCUT2D eigenvalue weighted by molar-refractivity contribution is 9.10. The van der Waals surface area contributed by atoms with Crippen LogP contribution in [0.1, 0.15) is 5.76 Å². The highest BCUT2D eigenvalue weighted by Gasteiger charge is 2.09. The van der Waals surface area contributed by atoms with Gasteiger partial charge in [0.05, 0.1) is 16.4 Å². The second-order valence-electron chi connectivity index (χ2n) is 6.14. The van der Waals surface area contributed by atoms with Crippen molar-refractivity contribution in [2.45, 2.75) is 9.99 Å². The molecule has 3 nitrogen and oxygen atoms in total. The molecule has 0 aliphatic carbocycles. The molecule has 4 rings (SSSR count). The van der Waals surface area contributed by atoms with E-state index in [2.05, 4.69) is 26.2 Å². The lowest BCUT2D eigenvalue weighted by Gasteiger charge is -2.05. The van der Waals surface area contributed by atoms with E-state index in [1.54, 1.807) is 6.21 Å². The van der Waals surface area contributed by atoms with Crippen LogP contribution in [-0.2, 0) is 0 Å². The fourth-order valence-electron chi connectivity index (χ4n) is 2.57. The van der Waals surface area contributed by atoms with Gasteiger partial charge in [-0.3, -0.25) is 4.99 Å². The Morgan fingerprint density at radius 1 is 0.897 bits per heavy atom. The van der Waals surface area contributed by atoms with Crippen molar-refractivity contribution in [2.75, 3.05) is 5.32 Å². The highest BCUT2D eigenvalue weighted by atomic mass is 79.9. The molecule has 144 valence electrons. The van der Waals surface area contributed by atoms with Crippen molar-refractivity contribution in [1.82, 2.24) is 0 Å². The third-order valence-corrected chi connectivity index (χ3v) is 6.07. The summed E-state index contributed by atoms with van der Waals surface area (Å²) in [7, 11) is 0. The summed E-state index contributed by atoms with van der Waals surface area (Å²) in [4.78, 5) is 5.55. The van der Waals surface area contributed by atoms with Crippen LogP contribution in [0.25, 0.3) is 0 Å². The quantitative estimate of drug-likeness (QED) is 0.280. The van der Waals surface area contributed by atoms with Crippen molar-refractivity contribution in [1.29, 1.82) is 0 Å². The smallest absolute Gasteiger partial charge is 0.179 e. The number of nitrogens with one attached hydrogen (secondary N) is 1. The first-order valence-corrected chi connectivity index (χ1v) is 10.8. The number of hydrogen-bond donors (Lipinski definition) is 1. The molecule has 1 N–H and O–H groups in total. The van der Waals surface area contributed by atoms with Gasteiger partial charge < -0.3 is 9.73 Å². The Morgan fingerprint density at radius 3 is 2.31 bits per heavy atom. The molecule has 29 heavy (non-hydrogen) atoms. The number of benzene rings is 3. The van der Waals surface area contributed by atoms with E-state index in [-0.39, 0.29) is 0 Å². The van der Waals surface area contributed by atoms with Crippen LogP contribution in [0.3, 0.4) is 0 Å². The molecule has 0 unspecified atom stereocenters. The second-order valence-corrected chi connectivity index (χ2v) is 8.47. The monoisotopic (exact) mass is 482 g/mol. The summed E-state index contributed by atoms with van der Waals surface area (Å²) < 4.78 is 6.78. The van der Waals surface area contributed by atoms with Gasteiger partial charge in [-0.1, -0.05) is 41.6 Å². The predicted molar refractivity (Wildman–Crippen MR) is 125 cm³/mol. The third-order valence-electron chi connectivity index (χ3n) is 3.97. The maximum Gasteiger partial charge on any atom is 0.179 e. The van der Waals surface area contributed by atoms with Crippen LogP contribution in [0.15, 0.2) is 109 Å². The van der Waals surface area contributed by atoms with E-state index in [9.17, 15) is 0 Å². The van der Waals surface area contributed by atoms with Gasteiger partial charge in [-0.05, 0) is 76.6 Å². The Bertz CT molecular complexity index is 1110. The van der Waals surface area contributed by atoms with Crippen LogP contribution in [0.2, 0.25) is 5.02 Å². The Labute approximate surface area is 187 Å². The van der Waals surface area contributed by atoms with Crippen molar-refractivity contribution in [3.8, 4) is 0 Å². The summed E-state index contributed by atoms with van der Waals surface area (Å²) in [5, 5.41) is 4.84. The Kier molecular flexibility index (Phi) is 6.39. The van der Waals surface area contributed by atoms with Crippen LogP contribution in [0.5, 0.6) is 0 Å². The molecule has 0 spiro atoms. The molecule has 0 bridgehead atoms. The number of anilines is 2. The zero-order valence-electron chi connectivity index (χ0n) is 15.2. The Hall–Kier alpha value is -2.47. The standard InChI is InChI=1S/C23H16BrClN2OS/c24-22-14-20(28-23(22)29-21-12-6-16(25)7-13-21)15-26-17-8-10-19(11-9-17)27-18-4-2-1-3-5-18/h1-15,27H. The van der Waals surface area contributed by atoms with Crippen LogP contribution in [0, 0.1) is 0 Å². The lowest BCUT2D eigenvalue weighted by atomic mass is 10.2. The van der Waals surface area contributed by atoms with Gasteiger partial charge in [-0.25, -0.2) is 0 Å². The summed E-state index contributed by atoms with van der Waals surface area (Å²) in [5.74, 6) is 0.680. The molecule has 0 aliphatic heterocycles. The molecular formula is C23H16BrClN2OS. The van der Waals surface area contributed by atoms with Crippen LogP contribution >= 0.6 is 39.3 Å². The van der Waals surface area contributed by atoms with Crippen LogP contribution in [0.4, 0.5) is 17.1 Å². The van der Waals surface area contributed by atoms with Crippen molar-refractivity contribution in [2.24, 2.45) is 4.99 Å². The molecule has 6 heteroatoms. The fraction of sp³-hybridized carbons (Fsp3) is 0. The summed E-state index contributed by atoms with van der Waals surface area (Å²) in [6, 6.07) is 27.5. The molecular weight excluding hydrogens is 468 g/mol. The van der Waals surface area contributed by atoms with E-state index in [1.165, 1.54) is 11.8 Å². The van der Waals surface area contributed by atoms with Crippen molar-refractivity contribution >= 4 is 62.6 Å². The number of aliphatic imine (C=N–C) groups is 1. The molecule has 3 aromatic carbocycles. The largest absolute Gasteiger partial charge is 0.447 e. The third kappa shape index (κ3) is 5.54. The van der Waals surface area contributed by atoms with E-state index in [0.717, 1.165) is 31.5 Å². The molecule has 0 saturated carbocycles. The molecule has 0 fully saturated rings. The minimum atomic E-state index is 0.680. The average Bonchev–Trinajstić information content (AvgIpc) is 3.09. The minimum absolute atomic E-state index is 0.680. The first-order valence-electron chi connectivity index (χ1n) is 8.85. The number of hydrogen-bond acceptors (Lipinski definition) is 4. The molecule has 1 aromatic heterocycles. The molecule has 1 heterocycles. The van der Waals surface area contributed by atoms with E-state index in [1.807, 2.05) is 84.9 Å². The summed E-state index contributed by atoms with van der Waals surface area (Å²) >= 11 is 11.0. The highest BCUT2D eigenvalue weighted by Crippen LogP contribution is 2.36. The Morgan fingerprint density at radius 2 is 1.59 bits per heavy atom. The number of nitrogens with zero attached hydrogens (tertiary/aromatic N) is 1. The first-order chi connectivity index (χ1) is 14.2. The summed E-state index contributed by atoms with van der Waals surface area (Å²) in [6.07, 6.45) is 1.72. The SMILES string of the molecule is Clc1ccc(Sc2oc(C=Nc3ccc(Nc4ccccc4)cc3)cc2Br)cc1. The summed E-state index contributed by atoms with van der Waals surface area (Å²) in [5.41, 5.74) is 2.91. The number of para-hydroxylation sites is 1. The zero-order chi connectivity index (χ0) is 20.1. The van der Waals surface area contributed by atoms with E-state index in [4.69, 9.17) is 16.0 Å². The molecule has 0 atom stereocenters. The maximum atomic E-state index is 5.94. The van der Waals surface area contributed by atoms with Crippen LogP contribution < -0.4 is 5.32 Å².